The van der Waals surface area contributed by atoms with Crippen molar-refractivity contribution in [1.29, 1.82) is 5.26 Å². The maximum atomic E-state index is 11.9. The molecule has 0 bridgehead atoms. The molecule has 4 nitrogen and oxygen atoms in total. The number of rotatable bonds is 3. The molecule has 0 aromatic heterocycles. The molecule has 0 saturated heterocycles. The van der Waals surface area contributed by atoms with Crippen molar-refractivity contribution in [2.24, 2.45) is 11.1 Å². The van der Waals surface area contributed by atoms with Crippen molar-refractivity contribution in [2.45, 2.75) is 13.8 Å². The summed E-state index contributed by atoms with van der Waals surface area (Å²) in [4.78, 5) is 11.9. The molecule has 0 unspecified atom stereocenters. The van der Waals surface area contributed by atoms with Gasteiger partial charge in [-0.1, -0.05) is 11.6 Å². The standard InChI is InChI=1S/C12H14ClN3O/c1-12(2,7-15)11(17)16-10-5-9(13)4-3-8(10)6-14/h3-5H,7,15H2,1-2H3,(H,16,17). The van der Waals surface area contributed by atoms with Crippen molar-refractivity contribution < 1.29 is 4.79 Å². The van der Waals surface area contributed by atoms with E-state index in [1.165, 1.54) is 0 Å². The highest BCUT2D eigenvalue weighted by molar-refractivity contribution is 6.31. The van der Waals surface area contributed by atoms with Gasteiger partial charge in [0.05, 0.1) is 16.7 Å². The zero-order valence-electron chi connectivity index (χ0n) is 9.75. The van der Waals surface area contributed by atoms with E-state index in [-0.39, 0.29) is 12.5 Å². The van der Waals surface area contributed by atoms with E-state index in [9.17, 15) is 4.79 Å². The summed E-state index contributed by atoms with van der Waals surface area (Å²) in [6.45, 7) is 3.69. The fourth-order valence-corrected chi connectivity index (χ4v) is 1.27. The van der Waals surface area contributed by atoms with Crippen LogP contribution < -0.4 is 11.1 Å². The summed E-state index contributed by atoms with van der Waals surface area (Å²) >= 11 is 5.82. The van der Waals surface area contributed by atoms with E-state index < -0.39 is 5.41 Å². The van der Waals surface area contributed by atoms with Gasteiger partial charge in [-0.2, -0.15) is 5.26 Å². The first kappa shape index (κ1) is 13.5. The summed E-state index contributed by atoms with van der Waals surface area (Å²) in [6, 6.07) is 6.70. The second-order valence-corrected chi connectivity index (χ2v) is 4.78. The fourth-order valence-electron chi connectivity index (χ4n) is 1.10. The van der Waals surface area contributed by atoms with E-state index in [0.717, 1.165) is 0 Å². The topological polar surface area (TPSA) is 78.9 Å². The van der Waals surface area contributed by atoms with Crippen LogP contribution in [0.1, 0.15) is 19.4 Å². The van der Waals surface area contributed by atoms with Crippen LogP contribution in [-0.4, -0.2) is 12.5 Å². The highest BCUT2D eigenvalue weighted by Gasteiger charge is 2.26. The summed E-state index contributed by atoms with van der Waals surface area (Å²) in [5, 5.41) is 12.0. The Morgan fingerprint density at radius 2 is 2.24 bits per heavy atom. The largest absolute Gasteiger partial charge is 0.329 e. The van der Waals surface area contributed by atoms with Crippen molar-refractivity contribution in [2.75, 3.05) is 11.9 Å². The number of hydrogen-bond donors (Lipinski definition) is 2. The zero-order valence-corrected chi connectivity index (χ0v) is 10.5. The summed E-state index contributed by atoms with van der Waals surface area (Å²) in [6.07, 6.45) is 0. The van der Waals surface area contributed by atoms with Gasteiger partial charge < -0.3 is 11.1 Å². The number of nitriles is 1. The summed E-state index contributed by atoms with van der Waals surface area (Å²) in [5.74, 6) is -0.237. The van der Waals surface area contributed by atoms with Crippen LogP contribution in [0.15, 0.2) is 18.2 Å². The number of nitrogens with two attached hydrogens (primary N) is 1. The van der Waals surface area contributed by atoms with Crippen LogP contribution in [0.5, 0.6) is 0 Å². The lowest BCUT2D eigenvalue weighted by Crippen LogP contribution is -2.37. The molecule has 17 heavy (non-hydrogen) atoms. The van der Waals surface area contributed by atoms with E-state index in [1.54, 1.807) is 32.0 Å². The number of halogens is 1. The number of amides is 1. The Labute approximate surface area is 105 Å². The number of carbonyl (C=O) groups excluding carboxylic acids is 1. The van der Waals surface area contributed by atoms with Crippen LogP contribution in [-0.2, 0) is 4.79 Å². The monoisotopic (exact) mass is 251 g/mol. The van der Waals surface area contributed by atoms with Crippen LogP contribution in [0, 0.1) is 16.7 Å². The predicted octanol–water partition coefficient (Wildman–Crippen LogP) is 2.14. The smallest absolute Gasteiger partial charge is 0.231 e. The summed E-state index contributed by atoms with van der Waals surface area (Å²) in [5.41, 5.74) is 5.60. The van der Waals surface area contributed by atoms with E-state index in [4.69, 9.17) is 22.6 Å². The van der Waals surface area contributed by atoms with Gasteiger partial charge in [-0.05, 0) is 32.0 Å². The number of carbonyl (C=O) groups is 1. The zero-order chi connectivity index (χ0) is 13.1. The van der Waals surface area contributed by atoms with Gasteiger partial charge in [-0.15, -0.1) is 0 Å². The van der Waals surface area contributed by atoms with Gasteiger partial charge in [0.2, 0.25) is 5.91 Å². The van der Waals surface area contributed by atoms with Crippen molar-refractivity contribution in [1.82, 2.24) is 0 Å². The lowest BCUT2D eigenvalue weighted by Gasteiger charge is -2.21. The molecule has 0 radical (unpaired) electrons. The third-order valence-electron chi connectivity index (χ3n) is 2.48. The van der Waals surface area contributed by atoms with Gasteiger partial charge in [0.25, 0.3) is 0 Å². The normalized spacial score (nSPS) is 10.8. The molecule has 1 aromatic carbocycles. The Morgan fingerprint density at radius 1 is 1.59 bits per heavy atom. The summed E-state index contributed by atoms with van der Waals surface area (Å²) in [7, 11) is 0. The Hall–Kier alpha value is -1.57. The van der Waals surface area contributed by atoms with Gasteiger partial charge in [0, 0.05) is 11.6 Å². The average molecular weight is 252 g/mol. The van der Waals surface area contributed by atoms with Crippen LogP contribution in [0.4, 0.5) is 5.69 Å². The van der Waals surface area contributed by atoms with Crippen LogP contribution >= 0.6 is 11.6 Å². The molecule has 0 aliphatic carbocycles. The van der Waals surface area contributed by atoms with Gasteiger partial charge >= 0.3 is 0 Å². The third kappa shape index (κ3) is 3.19. The quantitative estimate of drug-likeness (QED) is 0.864. The van der Waals surface area contributed by atoms with Crippen LogP contribution in [0.2, 0.25) is 5.02 Å². The molecule has 1 rings (SSSR count). The highest BCUT2D eigenvalue weighted by Crippen LogP contribution is 2.23. The van der Waals surface area contributed by atoms with E-state index in [2.05, 4.69) is 5.32 Å². The first-order chi connectivity index (χ1) is 7.90. The Balaban J connectivity index is 3.00. The number of nitrogens with zero attached hydrogens (tertiary/aromatic N) is 1. The molecule has 5 heteroatoms. The Bertz CT molecular complexity index is 477. The molecule has 0 spiro atoms. The second kappa shape index (κ2) is 5.17. The van der Waals surface area contributed by atoms with Crippen LogP contribution in [0.25, 0.3) is 0 Å². The molecule has 0 aliphatic heterocycles. The van der Waals surface area contributed by atoms with Crippen molar-refractivity contribution >= 4 is 23.2 Å². The molecule has 0 saturated carbocycles. The van der Waals surface area contributed by atoms with Gasteiger partial charge in [0.1, 0.15) is 6.07 Å². The molecule has 0 fully saturated rings. The summed E-state index contributed by atoms with van der Waals surface area (Å²) < 4.78 is 0. The van der Waals surface area contributed by atoms with E-state index in [1.807, 2.05) is 6.07 Å². The fraction of sp³-hybridized carbons (Fsp3) is 0.333. The Kier molecular flexibility index (Phi) is 4.11. The minimum absolute atomic E-state index is 0.223. The lowest BCUT2D eigenvalue weighted by molar-refractivity contribution is -0.123. The van der Waals surface area contributed by atoms with Crippen molar-refractivity contribution in [3.63, 3.8) is 0 Å². The number of nitrogens with one attached hydrogen (secondary N) is 1. The molecule has 3 N–H and O–H groups in total. The maximum Gasteiger partial charge on any atom is 0.231 e. The molecular weight excluding hydrogens is 238 g/mol. The molecule has 0 aliphatic rings. The molecular formula is C12H14ClN3O. The number of anilines is 1. The second-order valence-electron chi connectivity index (χ2n) is 4.34. The van der Waals surface area contributed by atoms with Gasteiger partial charge in [0.15, 0.2) is 0 Å². The van der Waals surface area contributed by atoms with E-state index >= 15 is 0 Å². The Morgan fingerprint density at radius 3 is 2.76 bits per heavy atom. The average Bonchev–Trinajstić information content (AvgIpc) is 2.29. The molecule has 1 amide bonds. The van der Waals surface area contributed by atoms with Crippen LogP contribution in [0.3, 0.4) is 0 Å². The number of hydrogen-bond acceptors (Lipinski definition) is 3. The molecule has 0 atom stereocenters. The lowest BCUT2D eigenvalue weighted by atomic mass is 9.92. The third-order valence-corrected chi connectivity index (χ3v) is 2.71. The van der Waals surface area contributed by atoms with Crippen molar-refractivity contribution in [3.05, 3.63) is 28.8 Å². The molecule has 1 aromatic rings. The maximum absolute atomic E-state index is 11.9. The first-order valence-corrected chi connectivity index (χ1v) is 5.49. The molecule has 0 heterocycles. The highest BCUT2D eigenvalue weighted by atomic mass is 35.5. The molecule has 90 valence electrons. The van der Waals surface area contributed by atoms with Crippen molar-refractivity contribution in [3.8, 4) is 6.07 Å². The SMILES string of the molecule is CC(C)(CN)C(=O)Nc1cc(Cl)ccc1C#N. The van der Waals surface area contributed by atoms with Gasteiger partial charge in [-0.25, -0.2) is 0 Å². The van der Waals surface area contributed by atoms with Gasteiger partial charge in [-0.3, -0.25) is 4.79 Å². The van der Waals surface area contributed by atoms with E-state index in [0.29, 0.717) is 16.3 Å². The first-order valence-electron chi connectivity index (χ1n) is 5.12. The minimum Gasteiger partial charge on any atom is -0.329 e. The number of benzene rings is 1. The predicted molar refractivity (Wildman–Crippen MR) is 67.6 cm³/mol. The minimum atomic E-state index is -0.685.